The first-order valence-electron chi connectivity index (χ1n) is 2.66. The Morgan fingerprint density at radius 3 is 1.82 bits per heavy atom. The fraction of sp³-hybridized carbons (Fsp3) is 0. The Kier molecular flexibility index (Phi) is 5.48. The first-order valence-corrected chi connectivity index (χ1v) is 6.01. The monoisotopic (exact) mass is 219 g/mol. The van der Waals surface area contributed by atoms with Gasteiger partial charge in [-0.1, -0.05) is 18.2 Å². The van der Waals surface area contributed by atoms with Gasteiger partial charge in [0, 0.05) is 4.90 Å². The van der Waals surface area contributed by atoms with Gasteiger partial charge in [-0.3, -0.25) is 5.14 Å². The molecule has 1 aromatic carbocycles. The maximum atomic E-state index is 5.69. The molecule has 58 valence electrons. The third kappa shape index (κ3) is 4.04. The predicted molar refractivity (Wildman–Crippen MR) is 55.3 cm³/mol. The molecule has 0 aliphatic rings. The van der Waals surface area contributed by atoms with Crippen molar-refractivity contribution in [1.29, 1.82) is 0 Å². The topological polar surface area (TPSA) is 26.0 Å². The second kappa shape index (κ2) is 4.97. The predicted octanol–water partition coefficient (Wildman–Crippen LogP) is 2.38. The van der Waals surface area contributed by atoms with E-state index in [1.54, 1.807) is 0 Å². The summed E-state index contributed by atoms with van der Waals surface area (Å²) in [4.78, 5) is 0.790. The van der Waals surface area contributed by atoms with Crippen molar-refractivity contribution in [3.05, 3.63) is 30.3 Å². The van der Waals surface area contributed by atoms with E-state index >= 15 is 0 Å². The Morgan fingerprint density at radius 2 is 1.55 bits per heavy atom. The van der Waals surface area contributed by atoms with Crippen molar-refractivity contribution in [2.45, 2.75) is 4.90 Å². The molecular weight excluding hydrogens is 212 g/mol. The zero-order valence-corrected chi connectivity index (χ0v) is 7.46. The summed E-state index contributed by atoms with van der Waals surface area (Å²) in [5, 5.41) is 5.47. The first kappa shape index (κ1) is 12.1. The molecule has 0 saturated heterocycles. The molecule has 2 N–H and O–H groups in total. The van der Waals surface area contributed by atoms with Gasteiger partial charge in [0.15, 0.2) is 0 Å². The van der Waals surface area contributed by atoms with Crippen molar-refractivity contribution < 1.29 is 0 Å². The van der Waals surface area contributed by atoms with E-state index in [-0.39, 0.29) is 29.6 Å². The SMILES string of the molecule is NS(Cl)(Cl)c1ccccc1.[NaH]. The van der Waals surface area contributed by atoms with Crippen LogP contribution in [0.25, 0.3) is 0 Å². The van der Waals surface area contributed by atoms with Gasteiger partial charge in [-0.05, 0) is 42.1 Å². The number of halogens is 2. The van der Waals surface area contributed by atoms with E-state index < -0.39 is 8.64 Å². The normalized spacial score (nSPS) is 11.9. The molecule has 5 heteroatoms. The second-order valence-corrected chi connectivity index (χ2v) is 6.70. The summed E-state index contributed by atoms with van der Waals surface area (Å²) in [6.07, 6.45) is 0. The van der Waals surface area contributed by atoms with Crippen molar-refractivity contribution >= 4 is 59.6 Å². The van der Waals surface area contributed by atoms with Crippen LogP contribution in [0.5, 0.6) is 0 Å². The van der Waals surface area contributed by atoms with E-state index in [2.05, 4.69) is 0 Å². The zero-order valence-electron chi connectivity index (χ0n) is 5.13. The van der Waals surface area contributed by atoms with Crippen molar-refractivity contribution in [3.8, 4) is 0 Å². The molecule has 0 heterocycles. The fourth-order valence-electron chi connectivity index (χ4n) is 0.602. The second-order valence-electron chi connectivity index (χ2n) is 1.82. The van der Waals surface area contributed by atoms with Gasteiger partial charge in [-0.25, -0.2) is 0 Å². The fourth-order valence-corrected chi connectivity index (χ4v) is 1.74. The Morgan fingerprint density at radius 1 is 1.09 bits per heavy atom. The van der Waals surface area contributed by atoms with Gasteiger partial charge < -0.3 is 0 Å². The molecule has 1 aromatic rings. The third-order valence-corrected chi connectivity index (χ3v) is 3.03. The molecule has 0 spiro atoms. The van der Waals surface area contributed by atoms with Crippen molar-refractivity contribution in [2.75, 3.05) is 0 Å². The van der Waals surface area contributed by atoms with Crippen LogP contribution in [0.15, 0.2) is 35.2 Å². The molecule has 0 amide bonds. The van der Waals surface area contributed by atoms with E-state index in [0.29, 0.717) is 0 Å². The molecule has 0 unspecified atom stereocenters. The molecule has 0 saturated carbocycles. The van der Waals surface area contributed by atoms with Gasteiger partial charge in [0.1, 0.15) is 0 Å². The molecule has 1 nitrogen and oxygen atoms in total. The average molecular weight is 220 g/mol. The zero-order chi connectivity index (χ0) is 7.61. The molecule has 0 aliphatic carbocycles. The van der Waals surface area contributed by atoms with Gasteiger partial charge in [-0.15, -0.1) is 0 Å². The molecule has 11 heavy (non-hydrogen) atoms. The van der Waals surface area contributed by atoms with E-state index in [1.165, 1.54) is 0 Å². The minimum absolute atomic E-state index is 0. The maximum absolute atomic E-state index is 5.69. The first-order chi connectivity index (χ1) is 4.61. The number of rotatable bonds is 1. The van der Waals surface area contributed by atoms with Crippen LogP contribution in [-0.4, -0.2) is 29.6 Å². The molecule has 0 radical (unpaired) electrons. The number of hydrogen-bond donors (Lipinski definition) is 1. The number of benzene rings is 1. The van der Waals surface area contributed by atoms with E-state index in [9.17, 15) is 0 Å². The van der Waals surface area contributed by atoms with Crippen LogP contribution < -0.4 is 5.14 Å². The summed E-state index contributed by atoms with van der Waals surface area (Å²) in [5.41, 5.74) is 0. The molecule has 1 rings (SSSR count). The summed E-state index contributed by atoms with van der Waals surface area (Å²) in [6.45, 7) is 0. The van der Waals surface area contributed by atoms with Gasteiger partial charge in [0.05, 0.1) is 0 Å². The van der Waals surface area contributed by atoms with Crippen molar-refractivity contribution in [1.82, 2.24) is 0 Å². The summed E-state index contributed by atoms with van der Waals surface area (Å²) in [7, 11) is 9.31. The Balaban J connectivity index is 0.000001000. The third-order valence-electron chi connectivity index (χ3n) is 1.06. The molecular formula is C6H8Cl2NNaS. The summed E-state index contributed by atoms with van der Waals surface area (Å²) in [5.74, 6) is 0. The van der Waals surface area contributed by atoms with Crippen LogP contribution in [0.2, 0.25) is 0 Å². The van der Waals surface area contributed by atoms with Crippen LogP contribution in [0.3, 0.4) is 0 Å². The minimum atomic E-state index is -2.06. The van der Waals surface area contributed by atoms with Crippen LogP contribution >= 0.6 is 30.0 Å². The quantitative estimate of drug-likeness (QED) is 0.722. The van der Waals surface area contributed by atoms with Crippen LogP contribution in [0.1, 0.15) is 0 Å². The molecule has 0 fully saturated rings. The van der Waals surface area contributed by atoms with E-state index in [1.807, 2.05) is 30.3 Å². The van der Waals surface area contributed by atoms with Gasteiger partial charge in [-0.2, -0.15) is 0 Å². The van der Waals surface area contributed by atoms with E-state index in [4.69, 9.17) is 26.5 Å². The molecule has 0 bridgehead atoms. The van der Waals surface area contributed by atoms with E-state index in [0.717, 1.165) is 4.90 Å². The van der Waals surface area contributed by atoms with Crippen molar-refractivity contribution in [3.63, 3.8) is 0 Å². The Hall–Kier alpha value is 1.11. The Bertz CT molecular complexity index is 212. The Labute approximate surface area is 99.0 Å². The standard InChI is InChI=1S/C6H7Cl2NS.Na.H/c7-10(8,9)6-4-2-1-3-5-6;;/h1-5H,9H2;;. The van der Waals surface area contributed by atoms with Crippen LogP contribution in [-0.2, 0) is 0 Å². The number of hydrogen-bond acceptors (Lipinski definition) is 1. The van der Waals surface area contributed by atoms with Crippen molar-refractivity contribution in [2.24, 2.45) is 5.14 Å². The van der Waals surface area contributed by atoms with Gasteiger partial charge in [0.25, 0.3) is 0 Å². The van der Waals surface area contributed by atoms with Gasteiger partial charge in [0.2, 0.25) is 0 Å². The van der Waals surface area contributed by atoms with Crippen LogP contribution in [0.4, 0.5) is 0 Å². The van der Waals surface area contributed by atoms with Crippen LogP contribution in [0, 0.1) is 0 Å². The summed E-state index contributed by atoms with van der Waals surface area (Å²) >= 11 is 0. The number of nitrogens with two attached hydrogens (primary N) is 1. The van der Waals surface area contributed by atoms with Gasteiger partial charge >= 0.3 is 29.6 Å². The average Bonchev–Trinajstić information content (AvgIpc) is 1.88. The molecule has 0 aromatic heterocycles. The molecule has 0 aliphatic heterocycles. The summed E-state index contributed by atoms with van der Waals surface area (Å²) in [6, 6.07) is 9.23. The molecule has 0 atom stereocenters. The summed E-state index contributed by atoms with van der Waals surface area (Å²) < 4.78 is 0.